The van der Waals surface area contributed by atoms with Crippen molar-refractivity contribution in [2.24, 2.45) is 10.9 Å². The summed E-state index contributed by atoms with van der Waals surface area (Å²) in [5, 5.41) is 2.93. The molecule has 0 atom stereocenters. The van der Waals surface area contributed by atoms with Crippen molar-refractivity contribution < 1.29 is 13.2 Å². The van der Waals surface area contributed by atoms with E-state index in [1.807, 2.05) is 0 Å². The molecule has 1 aliphatic rings. The maximum atomic E-state index is 12.0. The molecule has 0 unspecified atom stereocenters. The third kappa shape index (κ3) is 5.85. The van der Waals surface area contributed by atoms with Crippen molar-refractivity contribution in [2.75, 3.05) is 13.1 Å². The number of aliphatic imine (C=N–C) groups is 1. The number of nitrogens with zero attached hydrogens (tertiary/aromatic N) is 1. The number of amides is 1. The normalized spacial score (nSPS) is 16.7. The number of hydrogen-bond donors (Lipinski definition) is 2. The first kappa shape index (κ1) is 19.4. The minimum Gasteiger partial charge on any atom is -0.356 e. The van der Waals surface area contributed by atoms with Crippen LogP contribution in [0.4, 0.5) is 0 Å². The quantitative estimate of drug-likeness (QED) is 0.659. The smallest absolute Gasteiger partial charge is 0.263 e. The predicted molar refractivity (Wildman–Crippen MR) is 99.1 cm³/mol. The summed E-state index contributed by atoms with van der Waals surface area (Å²) < 4.78 is 26.4. The Bertz CT molecular complexity index is 727. The maximum Gasteiger partial charge on any atom is 0.263 e. The first-order valence-corrected chi connectivity index (χ1v) is 10.3. The number of hydrogen-bond acceptors (Lipinski definition) is 4. The zero-order valence-corrected chi connectivity index (χ0v) is 15.7. The molecule has 1 aliphatic heterocycles. The number of rotatable bonds is 9. The summed E-state index contributed by atoms with van der Waals surface area (Å²) in [6.07, 6.45) is 4.07. The number of sulfonamides is 1. The van der Waals surface area contributed by atoms with Gasteiger partial charge in [0.15, 0.2) is 0 Å². The Hall–Kier alpha value is -1.89. The Morgan fingerprint density at radius 3 is 2.72 bits per heavy atom. The van der Waals surface area contributed by atoms with Gasteiger partial charge >= 0.3 is 0 Å². The van der Waals surface area contributed by atoms with Crippen molar-refractivity contribution >= 4 is 21.8 Å². The van der Waals surface area contributed by atoms with Crippen LogP contribution in [0.25, 0.3) is 0 Å². The molecule has 0 aromatic heterocycles. The van der Waals surface area contributed by atoms with Crippen LogP contribution < -0.4 is 10.0 Å². The first-order chi connectivity index (χ1) is 11.9. The fourth-order valence-electron chi connectivity index (χ4n) is 2.60. The standard InChI is InChI=1S/C18H27N3O3S/c1-14(2)11-13-19-17(22)10-4-3-7-12-20-18-15-8-5-6-9-16(15)25(23,24)21-18/h5-6,8-9,14H,3-4,7,10-13H2,1-2H3,(H,19,22)(H,20,21). The Morgan fingerprint density at radius 2 is 1.96 bits per heavy atom. The second-order valence-corrected chi connectivity index (χ2v) is 8.33. The number of amidine groups is 1. The topological polar surface area (TPSA) is 87.6 Å². The van der Waals surface area contributed by atoms with Crippen molar-refractivity contribution in [3.63, 3.8) is 0 Å². The maximum absolute atomic E-state index is 12.0. The lowest BCUT2D eigenvalue weighted by atomic mass is 10.1. The van der Waals surface area contributed by atoms with Crippen LogP contribution in [0.1, 0.15) is 51.5 Å². The highest BCUT2D eigenvalue weighted by atomic mass is 32.2. The van der Waals surface area contributed by atoms with Gasteiger partial charge in [-0.05, 0) is 37.3 Å². The van der Waals surface area contributed by atoms with Crippen LogP contribution in [0.5, 0.6) is 0 Å². The van der Waals surface area contributed by atoms with E-state index in [1.165, 1.54) is 0 Å². The Labute approximate surface area is 150 Å². The lowest BCUT2D eigenvalue weighted by Crippen LogP contribution is -2.24. The lowest BCUT2D eigenvalue weighted by Gasteiger charge is -2.06. The molecular formula is C18H27N3O3S. The fourth-order valence-corrected chi connectivity index (χ4v) is 3.86. The van der Waals surface area contributed by atoms with Crippen LogP contribution in [0.3, 0.4) is 0 Å². The second-order valence-electron chi connectivity index (χ2n) is 6.68. The van der Waals surface area contributed by atoms with Gasteiger partial charge < -0.3 is 5.32 Å². The minimum atomic E-state index is -3.46. The van der Waals surface area contributed by atoms with Gasteiger partial charge in [-0.25, -0.2) is 8.42 Å². The number of carbonyl (C=O) groups is 1. The molecular weight excluding hydrogens is 338 g/mol. The Morgan fingerprint density at radius 1 is 1.20 bits per heavy atom. The van der Waals surface area contributed by atoms with Crippen LogP contribution in [0.2, 0.25) is 0 Å². The summed E-state index contributed by atoms with van der Waals surface area (Å²) in [6.45, 7) is 5.55. The molecule has 2 N–H and O–H groups in total. The monoisotopic (exact) mass is 365 g/mol. The molecule has 1 amide bonds. The van der Waals surface area contributed by atoms with Gasteiger partial charge in [0, 0.05) is 25.1 Å². The highest BCUT2D eigenvalue weighted by molar-refractivity contribution is 7.90. The van der Waals surface area contributed by atoms with Crippen molar-refractivity contribution in [1.29, 1.82) is 0 Å². The van der Waals surface area contributed by atoms with E-state index >= 15 is 0 Å². The zero-order valence-electron chi connectivity index (χ0n) is 14.9. The molecule has 0 bridgehead atoms. The number of fused-ring (bicyclic) bond motifs is 1. The number of nitrogens with one attached hydrogen (secondary N) is 2. The molecule has 25 heavy (non-hydrogen) atoms. The molecule has 0 fully saturated rings. The number of benzene rings is 1. The summed E-state index contributed by atoms with van der Waals surface area (Å²) in [5.41, 5.74) is 0.632. The Kier molecular flexibility index (Phi) is 6.99. The van der Waals surface area contributed by atoms with Crippen molar-refractivity contribution in [3.05, 3.63) is 29.8 Å². The summed E-state index contributed by atoms with van der Waals surface area (Å²) in [6, 6.07) is 6.84. The van der Waals surface area contributed by atoms with Gasteiger partial charge in [-0.1, -0.05) is 32.4 Å². The van der Waals surface area contributed by atoms with E-state index in [0.717, 1.165) is 32.2 Å². The zero-order chi connectivity index (χ0) is 18.3. The molecule has 0 saturated carbocycles. The summed E-state index contributed by atoms with van der Waals surface area (Å²) >= 11 is 0. The van der Waals surface area contributed by atoms with Crippen molar-refractivity contribution in [1.82, 2.24) is 10.0 Å². The van der Waals surface area contributed by atoms with Crippen LogP contribution in [0, 0.1) is 5.92 Å². The molecule has 1 aromatic rings. The van der Waals surface area contributed by atoms with E-state index in [4.69, 9.17) is 0 Å². The fraction of sp³-hybridized carbons (Fsp3) is 0.556. The molecule has 1 heterocycles. The minimum absolute atomic E-state index is 0.101. The molecule has 6 nitrogen and oxygen atoms in total. The number of unbranched alkanes of at least 4 members (excludes halogenated alkanes) is 2. The Balaban J connectivity index is 1.68. The van der Waals surface area contributed by atoms with Crippen LogP contribution in [0.15, 0.2) is 34.2 Å². The average molecular weight is 365 g/mol. The van der Waals surface area contributed by atoms with Gasteiger partial charge in [0.05, 0.1) is 4.90 Å². The molecule has 7 heteroatoms. The van der Waals surface area contributed by atoms with E-state index in [9.17, 15) is 13.2 Å². The molecule has 2 rings (SSSR count). The van der Waals surface area contributed by atoms with Crippen LogP contribution in [-0.2, 0) is 14.8 Å². The summed E-state index contributed by atoms with van der Waals surface area (Å²) in [4.78, 5) is 16.3. The lowest BCUT2D eigenvalue weighted by molar-refractivity contribution is -0.121. The van der Waals surface area contributed by atoms with Gasteiger partial charge in [0.2, 0.25) is 5.91 Å². The van der Waals surface area contributed by atoms with Crippen molar-refractivity contribution in [2.45, 2.75) is 50.8 Å². The molecule has 0 spiro atoms. The highest BCUT2D eigenvalue weighted by Crippen LogP contribution is 2.22. The van der Waals surface area contributed by atoms with E-state index in [1.54, 1.807) is 24.3 Å². The SMILES string of the molecule is CC(C)CCNC(=O)CCCCCN=C1NS(=O)(=O)c2ccccc21. The third-order valence-corrected chi connectivity index (χ3v) is 5.44. The predicted octanol–water partition coefficient (Wildman–Crippen LogP) is 2.45. The molecule has 0 radical (unpaired) electrons. The third-order valence-electron chi connectivity index (χ3n) is 4.04. The van der Waals surface area contributed by atoms with Gasteiger partial charge in [0.25, 0.3) is 10.0 Å². The summed E-state index contributed by atoms with van der Waals surface area (Å²) in [7, 11) is -3.46. The van der Waals surface area contributed by atoms with Crippen molar-refractivity contribution in [3.8, 4) is 0 Å². The first-order valence-electron chi connectivity index (χ1n) is 8.83. The van der Waals surface area contributed by atoms with Gasteiger partial charge in [-0.2, -0.15) is 0 Å². The molecule has 0 aliphatic carbocycles. The molecule has 1 aromatic carbocycles. The van der Waals surface area contributed by atoms with Crippen LogP contribution in [-0.4, -0.2) is 33.3 Å². The van der Waals surface area contributed by atoms with Crippen LogP contribution >= 0.6 is 0 Å². The van der Waals surface area contributed by atoms with E-state index in [-0.39, 0.29) is 10.8 Å². The van der Waals surface area contributed by atoms with E-state index < -0.39 is 10.0 Å². The highest BCUT2D eigenvalue weighted by Gasteiger charge is 2.29. The second kappa shape index (κ2) is 8.99. The van der Waals surface area contributed by atoms with E-state index in [0.29, 0.717) is 30.3 Å². The molecule has 138 valence electrons. The summed E-state index contributed by atoms with van der Waals surface area (Å²) in [5.74, 6) is 1.11. The van der Waals surface area contributed by atoms with Gasteiger partial charge in [0.1, 0.15) is 5.84 Å². The largest absolute Gasteiger partial charge is 0.356 e. The van der Waals surface area contributed by atoms with Gasteiger partial charge in [-0.3, -0.25) is 14.5 Å². The van der Waals surface area contributed by atoms with E-state index in [2.05, 4.69) is 28.9 Å². The molecule has 0 saturated heterocycles. The average Bonchev–Trinajstić information content (AvgIpc) is 2.82. The number of carbonyl (C=O) groups excluding carboxylic acids is 1. The van der Waals surface area contributed by atoms with Gasteiger partial charge in [-0.15, -0.1) is 0 Å².